The number of aromatic carboxylic acids is 1. The predicted molar refractivity (Wildman–Crippen MR) is 107 cm³/mol. The molecular formula is C21H13ClN2O5. The first-order valence-electron chi connectivity index (χ1n) is 8.46. The van der Waals surface area contributed by atoms with Crippen LogP contribution in [0.15, 0.2) is 74.6 Å². The average molecular weight is 409 g/mol. The number of furan rings is 2. The van der Waals surface area contributed by atoms with Crippen LogP contribution in [-0.2, 0) is 0 Å². The lowest BCUT2D eigenvalue weighted by Crippen LogP contribution is -2.16. The van der Waals surface area contributed by atoms with Crippen molar-refractivity contribution in [3.63, 3.8) is 0 Å². The molecule has 0 radical (unpaired) electrons. The number of carbonyl (C=O) groups is 2. The highest BCUT2D eigenvalue weighted by molar-refractivity contribution is 6.31. The molecule has 0 atom stereocenters. The van der Waals surface area contributed by atoms with Gasteiger partial charge in [-0.05, 0) is 42.5 Å². The van der Waals surface area contributed by atoms with Crippen molar-refractivity contribution in [1.29, 1.82) is 0 Å². The number of benzene rings is 2. The highest BCUT2D eigenvalue weighted by Gasteiger charge is 2.14. The summed E-state index contributed by atoms with van der Waals surface area (Å²) in [6.07, 6.45) is 1.31. The number of nitrogens with zero attached hydrogens (tertiary/aromatic N) is 1. The minimum Gasteiger partial charge on any atom is -0.478 e. The Bertz CT molecular complexity index is 1250. The maximum Gasteiger partial charge on any atom is 0.336 e. The van der Waals surface area contributed by atoms with Gasteiger partial charge in [-0.1, -0.05) is 29.8 Å². The molecule has 2 N–H and O–H groups in total. The minimum absolute atomic E-state index is 0.0925. The summed E-state index contributed by atoms with van der Waals surface area (Å²) in [5.41, 5.74) is 3.47. The molecule has 0 saturated heterocycles. The Morgan fingerprint density at radius 3 is 2.69 bits per heavy atom. The number of fused-ring (bicyclic) bond motifs is 1. The smallest absolute Gasteiger partial charge is 0.336 e. The fourth-order valence-electron chi connectivity index (χ4n) is 2.79. The zero-order chi connectivity index (χ0) is 20.4. The Balaban J connectivity index is 1.47. The van der Waals surface area contributed by atoms with Gasteiger partial charge < -0.3 is 13.9 Å². The van der Waals surface area contributed by atoms with Gasteiger partial charge in [-0.15, -0.1) is 0 Å². The lowest BCUT2D eigenvalue weighted by Gasteiger charge is -2.01. The number of halogens is 1. The lowest BCUT2D eigenvalue weighted by atomic mass is 10.1. The van der Waals surface area contributed by atoms with Crippen LogP contribution < -0.4 is 5.43 Å². The van der Waals surface area contributed by atoms with E-state index in [0.717, 1.165) is 0 Å². The lowest BCUT2D eigenvalue weighted by molar-refractivity contribution is 0.0697. The van der Waals surface area contributed by atoms with E-state index in [0.29, 0.717) is 33.1 Å². The predicted octanol–water partition coefficient (Wildman–Crippen LogP) is 4.81. The molecule has 0 aliphatic carbocycles. The molecule has 0 aliphatic rings. The summed E-state index contributed by atoms with van der Waals surface area (Å²) in [5, 5.41) is 14.4. The van der Waals surface area contributed by atoms with Gasteiger partial charge in [0.05, 0.1) is 11.8 Å². The fraction of sp³-hybridized carbons (Fsp3) is 0. The number of amides is 1. The van der Waals surface area contributed by atoms with Crippen molar-refractivity contribution in [3.05, 3.63) is 82.8 Å². The maximum atomic E-state index is 12.2. The van der Waals surface area contributed by atoms with Crippen molar-refractivity contribution in [3.8, 4) is 11.3 Å². The summed E-state index contributed by atoms with van der Waals surface area (Å²) in [6, 6.07) is 16.4. The van der Waals surface area contributed by atoms with E-state index >= 15 is 0 Å². The van der Waals surface area contributed by atoms with Crippen LogP contribution in [0.4, 0.5) is 0 Å². The molecule has 1 amide bonds. The molecule has 0 unspecified atom stereocenters. The quantitative estimate of drug-likeness (QED) is 0.364. The molecule has 2 aromatic carbocycles. The molecule has 0 spiro atoms. The number of rotatable bonds is 5. The van der Waals surface area contributed by atoms with Crippen molar-refractivity contribution in [2.75, 3.05) is 0 Å². The van der Waals surface area contributed by atoms with Crippen LogP contribution in [-0.4, -0.2) is 23.2 Å². The summed E-state index contributed by atoms with van der Waals surface area (Å²) in [7, 11) is 0. The van der Waals surface area contributed by atoms with Crippen LogP contribution in [0.25, 0.3) is 22.3 Å². The van der Waals surface area contributed by atoms with Gasteiger partial charge in [0.15, 0.2) is 5.76 Å². The number of hydrogen-bond acceptors (Lipinski definition) is 5. The Labute approximate surface area is 169 Å². The van der Waals surface area contributed by atoms with Crippen molar-refractivity contribution < 1.29 is 23.5 Å². The normalized spacial score (nSPS) is 11.2. The molecule has 2 heterocycles. The van der Waals surface area contributed by atoms with Gasteiger partial charge in [-0.3, -0.25) is 4.79 Å². The van der Waals surface area contributed by atoms with E-state index in [1.54, 1.807) is 54.6 Å². The Morgan fingerprint density at radius 2 is 1.86 bits per heavy atom. The Kier molecular flexibility index (Phi) is 4.88. The molecule has 29 heavy (non-hydrogen) atoms. The van der Waals surface area contributed by atoms with Crippen LogP contribution >= 0.6 is 11.6 Å². The fourth-order valence-corrected chi connectivity index (χ4v) is 2.97. The zero-order valence-electron chi connectivity index (χ0n) is 14.8. The highest BCUT2D eigenvalue weighted by Crippen LogP contribution is 2.25. The van der Waals surface area contributed by atoms with Gasteiger partial charge in [-0.2, -0.15) is 5.10 Å². The topological polar surface area (TPSA) is 105 Å². The molecule has 8 heteroatoms. The first-order valence-corrected chi connectivity index (χ1v) is 8.84. The third-order valence-corrected chi connectivity index (χ3v) is 4.34. The third-order valence-electron chi connectivity index (χ3n) is 4.11. The highest BCUT2D eigenvalue weighted by atomic mass is 35.5. The number of carboxylic acids is 1. The van der Waals surface area contributed by atoms with E-state index in [2.05, 4.69) is 10.5 Å². The maximum absolute atomic E-state index is 12.2. The van der Waals surface area contributed by atoms with E-state index in [4.69, 9.17) is 20.4 Å². The first kappa shape index (κ1) is 18.5. The molecule has 4 rings (SSSR count). The first-order chi connectivity index (χ1) is 14.0. The Hall–Kier alpha value is -3.84. The van der Waals surface area contributed by atoms with Crippen molar-refractivity contribution in [2.24, 2.45) is 5.10 Å². The molecule has 7 nitrogen and oxygen atoms in total. The largest absolute Gasteiger partial charge is 0.478 e. The molecule has 4 aromatic rings. The third kappa shape index (κ3) is 3.90. The van der Waals surface area contributed by atoms with E-state index in [-0.39, 0.29) is 11.3 Å². The second-order valence-electron chi connectivity index (χ2n) is 6.04. The van der Waals surface area contributed by atoms with Crippen molar-refractivity contribution in [1.82, 2.24) is 5.43 Å². The van der Waals surface area contributed by atoms with Crippen LogP contribution in [0.2, 0.25) is 5.02 Å². The second-order valence-corrected chi connectivity index (χ2v) is 6.48. The van der Waals surface area contributed by atoms with Gasteiger partial charge >= 0.3 is 11.9 Å². The Morgan fingerprint density at radius 1 is 1.03 bits per heavy atom. The molecule has 0 bridgehead atoms. The molecule has 0 aliphatic heterocycles. The number of hydrogen-bond donors (Lipinski definition) is 2. The summed E-state index contributed by atoms with van der Waals surface area (Å²) in [6.45, 7) is 0. The van der Waals surface area contributed by atoms with E-state index in [1.165, 1.54) is 12.3 Å². The van der Waals surface area contributed by atoms with Gasteiger partial charge in [-0.25, -0.2) is 10.2 Å². The molecule has 0 fully saturated rings. The van der Waals surface area contributed by atoms with E-state index in [1.807, 2.05) is 0 Å². The van der Waals surface area contributed by atoms with Crippen LogP contribution in [0, 0.1) is 0 Å². The minimum atomic E-state index is -1.05. The summed E-state index contributed by atoms with van der Waals surface area (Å²) in [5.74, 6) is -0.764. The second kappa shape index (κ2) is 7.65. The average Bonchev–Trinajstić information content (AvgIpc) is 3.34. The van der Waals surface area contributed by atoms with Crippen molar-refractivity contribution >= 4 is 40.7 Å². The number of hydrazone groups is 1. The van der Waals surface area contributed by atoms with Crippen LogP contribution in [0.3, 0.4) is 0 Å². The number of carbonyl (C=O) groups excluding carboxylic acids is 1. The number of nitrogens with one attached hydrogen (secondary N) is 1. The van der Waals surface area contributed by atoms with E-state index in [9.17, 15) is 14.7 Å². The van der Waals surface area contributed by atoms with Gasteiger partial charge in [0.1, 0.15) is 17.1 Å². The standard InChI is InChI=1S/C21H13ClN2O5/c22-13-5-7-17-12(9-13)10-19(29-17)20(25)24-23-11-14-6-8-18(28-14)15-3-1-2-4-16(15)21(26)27/h1-11H,(H,24,25)(H,26,27)/b23-11+. The molecular weight excluding hydrogens is 396 g/mol. The van der Waals surface area contributed by atoms with E-state index < -0.39 is 11.9 Å². The number of carboxylic acid groups (broad SMARTS) is 1. The summed E-state index contributed by atoms with van der Waals surface area (Å²) < 4.78 is 11.1. The summed E-state index contributed by atoms with van der Waals surface area (Å²) >= 11 is 5.92. The SMILES string of the molecule is O=C(N/N=C/c1ccc(-c2ccccc2C(=O)O)o1)c1cc2cc(Cl)ccc2o1. The molecule has 2 aromatic heterocycles. The van der Waals surface area contributed by atoms with Gasteiger partial charge in [0.2, 0.25) is 0 Å². The van der Waals surface area contributed by atoms with Crippen LogP contribution in [0.5, 0.6) is 0 Å². The molecule has 0 saturated carbocycles. The van der Waals surface area contributed by atoms with Gasteiger partial charge in [0, 0.05) is 16.0 Å². The van der Waals surface area contributed by atoms with Crippen molar-refractivity contribution in [2.45, 2.75) is 0 Å². The van der Waals surface area contributed by atoms with Crippen LogP contribution in [0.1, 0.15) is 26.7 Å². The summed E-state index contributed by atoms with van der Waals surface area (Å²) in [4.78, 5) is 23.5. The monoisotopic (exact) mass is 408 g/mol. The molecule has 144 valence electrons. The zero-order valence-corrected chi connectivity index (χ0v) is 15.5. The van der Waals surface area contributed by atoms with Gasteiger partial charge in [0.25, 0.3) is 0 Å².